The average Bonchev–Trinajstić information content (AvgIpc) is 2.86. The molecule has 102 valence electrons. The molecule has 0 radical (unpaired) electrons. The first-order chi connectivity index (χ1) is 9.33. The molecular weight excluding hydrogens is 234 g/mol. The first-order valence-electron chi connectivity index (χ1n) is 7.25. The van der Waals surface area contributed by atoms with E-state index in [-0.39, 0.29) is 0 Å². The zero-order chi connectivity index (χ0) is 13.1. The van der Waals surface area contributed by atoms with Crippen molar-refractivity contribution in [2.24, 2.45) is 0 Å². The highest BCUT2D eigenvalue weighted by atomic mass is 15.3. The summed E-state index contributed by atoms with van der Waals surface area (Å²) < 4.78 is 0. The highest BCUT2D eigenvalue weighted by molar-refractivity contribution is 5.46. The Morgan fingerprint density at radius 2 is 1.68 bits per heavy atom. The molecule has 2 aliphatic heterocycles. The molecule has 3 nitrogen and oxygen atoms in total. The Morgan fingerprint density at radius 1 is 0.947 bits per heavy atom. The molecule has 19 heavy (non-hydrogen) atoms. The summed E-state index contributed by atoms with van der Waals surface area (Å²) in [5.41, 5.74) is 2.87. The molecule has 3 heteroatoms. The van der Waals surface area contributed by atoms with Crippen molar-refractivity contribution in [2.45, 2.75) is 6.42 Å². The molecule has 0 amide bonds. The lowest BCUT2D eigenvalue weighted by Crippen LogP contribution is -2.47. The minimum Gasteiger partial charge on any atom is -0.377 e. The normalized spacial score (nSPS) is 20.8. The lowest BCUT2D eigenvalue weighted by molar-refractivity contribution is 0.257. The van der Waals surface area contributed by atoms with E-state index < -0.39 is 0 Å². The molecule has 3 rings (SSSR count). The van der Waals surface area contributed by atoms with Crippen molar-refractivity contribution in [2.75, 3.05) is 51.2 Å². The van der Waals surface area contributed by atoms with Crippen molar-refractivity contribution in [3.05, 3.63) is 42.1 Å². The van der Waals surface area contributed by atoms with Crippen LogP contribution in [0.15, 0.2) is 42.1 Å². The molecule has 0 bridgehead atoms. The predicted molar refractivity (Wildman–Crippen MR) is 80.4 cm³/mol. The number of anilines is 1. The van der Waals surface area contributed by atoms with Crippen LogP contribution in [0, 0.1) is 0 Å². The molecule has 1 saturated heterocycles. The molecule has 0 aromatic heterocycles. The van der Waals surface area contributed by atoms with Gasteiger partial charge in [-0.15, -0.1) is 0 Å². The van der Waals surface area contributed by atoms with Crippen molar-refractivity contribution in [3.8, 4) is 0 Å². The van der Waals surface area contributed by atoms with Gasteiger partial charge in [-0.1, -0.05) is 24.3 Å². The van der Waals surface area contributed by atoms with Gasteiger partial charge in [-0.25, -0.2) is 0 Å². The Kier molecular flexibility index (Phi) is 3.74. The largest absolute Gasteiger partial charge is 0.377 e. The number of para-hydroxylation sites is 1. The fourth-order valence-electron chi connectivity index (χ4n) is 2.94. The van der Waals surface area contributed by atoms with Gasteiger partial charge < -0.3 is 9.80 Å². The Balaban J connectivity index is 1.52. The minimum absolute atomic E-state index is 1.12. The smallest absolute Gasteiger partial charge is 0.0381 e. The molecular formula is C16H23N3. The number of nitrogens with zero attached hydrogens (tertiary/aromatic N) is 3. The Labute approximate surface area is 116 Å². The maximum absolute atomic E-state index is 2.58. The van der Waals surface area contributed by atoms with E-state index in [2.05, 4.69) is 58.2 Å². The van der Waals surface area contributed by atoms with Crippen molar-refractivity contribution in [1.29, 1.82) is 0 Å². The number of likely N-dealkylation sites (N-methyl/N-ethyl adjacent to an activating group) is 1. The lowest BCUT2D eigenvalue weighted by Gasteiger charge is -2.37. The van der Waals surface area contributed by atoms with E-state index in [1.807, 2.05) is 0 Å². The predicted octanol–water partition coefficient (Wildman–Crippen LogP) is 2.03. The third-order valence-corrected chi connectivity index (χ3v) is 4.21. The van der Waals surface area contributed by atoms with Crippen LogP contribution in [0.5, 0.6) is 0 Å². The third-order valence-electron chi connectivity index (χ3n) is 4.21. The van der Waals surface area contributed by atoms with Gasteiger partial charge in [-0.2, -0.15) is 0 Å². The molecule has 2 heterocycles. The quantitative estimate of drug-likeness (QED) is 0.820. The number of rotatable bonds is 3. The summed E-state index contributed by atoms with van der Waals surface area (Å²) in [5, 5.41) is 0. The van der Waals surface area contributed by atoms with Crippen molar-refractivity contribution < 1.29 is 0 Å². The Bertz CT molecular complexity index is 433. The summed E-state index contributed by atoms with van der Waals surface area (Å²) in [6, 6.07) is 10.8. The zero-order valence-corrected chi connectivity index (χ0v) is 11.8. The van der Waals surface area contributed by atoms with E-state index in [1.54, 1.807) is 0 Å². The van der Waals surface area contributed by atoms with Crippen molar-refractivity contribution in [1.82, 2.24) is 9.80 Å². The van der Waals surface area contributed by atoms with Crippen molar-refractivity contribution >= 4 is 5.69 Å². The topological polar surface area (TPSA) is 9.72 Å². The fraction of sp³-hybridized carbons (Fsp3) is 0.500. The maximum atomic E-state index is 2.58. The van der Waals surface area contributed by atoms with Gasteiger partial charge in [0.15, 0.2) is 0 Å². The standard InChI is InChI=1S/C16H23N3/c1-17-9-5-8-16(17)14-18-10-12-19(13-11-18)15-6-3-2-4-7-15/h2-4,6-8H,5,9-14H2,1H3. The van der Waals surface area contributed by atoms with E-state index in [4.69, 9.17) is 0 Å². The van der Waals surface area contributed by atoms with Gasteiger partial charge in [-0.3, -0.25) is 4.90 Å². The molecule has 0 atom stereocenters. The van der Waals surface area contributed by atoms with E-state index in [0.29, 0.717) is 0 Å². The van der Waals surface area contributed by atoms with Gasteiger partial charge >= 0.3 is 0 Å². The lowest BCUT2D eigenvalue weighted by atomic mass is 10.2. The van der Waals surface area contributed by atoms with Crippen LogP contribution in [0.4, 0.5) is 5.69 Å². The van der Waals surface area contributed by atoms with Gasteiger partial charge in [-0.05, 0) is 18.6 Å². The summed E-state index contributed by atoms with van der Waals surface area (Å²) in [6.45, 7) is 6.93. The second-order valence-corrected chi connectivity index (χ2v) is 5.50. The summed E-state index contributed by atoms with van der Waals surface area (Å²) in [4.78, 5) is 7.46. The summed E-state index contributed by atoms with van der Waals surface area (Å²) in [5.74, 6) is 0. The monoisotopic (exact) mass is 257 g/mol. The molecule has 1 aromatic carbocycles. The van der Waals surface area contributed by atoms with Gasteiger partial charge in [0, 0.05) is 57.7 Å². The molecule has 1 aromatic rings. The molecule has 0 N–H and O–H groups in total. The zero-order valence-electron chi connectivity index (χ0n) is 11.8. The van der Waals surface area contributed by atoms with E-state index in [0.717, 1.165) is 19.6 Å². The number of benzene rings is 1. The summed E-state index contributed by atoms with van der Waals surface area (Å²) in [7, 11) is 2.21. The summed E-state index contributed by atoms with van der Waals surface area (Å²) >= 11 is 0. The van der Waals surface area contributed by atoms with Crippen LogP contribution >= 0.6 is 0 Å². The molecule has 0 unspecified atom stereocenters. The second-order valence-electron chi connectivity index (χ2n) is 5.50. The first kappa shape index (κ1) is 12.5. The molecule has 0 spiro atoms. The maximum Gasteiger partial charge on any atom is 0.0381 e. The first-order valence-corrected chi connectivity index (χ1v) is 7.25. The van der Waals surface area contributed by atoms with Gasteiger partial charge in [0.1, 0.15) is 0 Å². The van der Waals surface area contributed by atoms with E-state index in [9.17, 15) is 0 Å². The van der Waals surface area contributed by atoms with Crippen LogP contribution in [0.1, 0.15) is 6.42 Å². The van der Waals surface area contributed by atoms with Crippen LogP contribution in [0.3, 0.4) is 0 Å². The SMILES string of the molecule is CN1CCC=C1CN1CCN(c2ccccc2)CC1. The van der Waals surface area contributed by atoms with Crippen LogP contribution in [0.2, 0.25) is 0 Å². The van der Waals surface area contributed by atoms with E-state index in [1.165, 1.54) is 37.4 Å². The highest BCUT2D eigenvalue weighted by Crippen LogP contribution is 2.18. The third kappa shape index (κ3) is 2.92. The average molecular weight is 257 g/mol. The number of hydrogen-bond acceptors (Lipinski definition) is 3. The molecule has 0 aliphatic carbocycles. The van der Waals surface area contributed by atoms with E-state index >= 15 is 0 Å². The molecule has 1 fully saturated rings. The molecule has 2 aliphatic rings. The van der Waals surface area contributed by atoms with Crippen LogP contribution in [0.25, 0.3) is 0 Å². The number of piperazine rings is 1. The summed E-state index contributed by atoms with van der Waals surface area (Å²) in [6.07, 6.45) is 3.61. The Hall–Kier alpha value is -1.48. The fourth-order valence-corrected chi connectivity index (χ4v) is 2.94. The van der Waals surface area contributed by atoms with Crippen LogP contribution in [-0.4, -0.2) is 56.1 Å². The molecule has 0 saturated carbocycles. The van der Waals surface area contributed by atoms with Gasteiger partial charge in [0.2, 0.25) is 0 Å². The Morgan fingerprint density at radius 3 is 2.32 bits per heavy atom. The minimum atomic E-state index is 1.12. The number of hydrogen-bond donors (Lipinski definition) is 0. The van der Waals surface area contributed by atoms with Gasteiger partial charge in [0.25, 0.3) is 0 Å². The van der Waals surface area contributed by atoms with Crippen LogP contribution in [-0.2, 0) is 0 Å². The van der Waals surface area contributed by atoms with Gasteiger partial charge in [0.05, 0.1) is 0 Å². The van der Waals surface area contributed by atoms with Crippen molar-refractivity contribution in [3.63, 3.8) is 0 Å². The van der Waals surface area contributed by atoms with Crippen LogP contribution < -0.4 is 4.90 Å². The second kappa shape index (κ2) is 5.66. The highest BCUT2D eigenvalue weighted by Gasteiger charge is 2.20.